The number of likely N-dealkylation sites (tertiary alicyclic amines) is 1. The van der Waals surface area contributed by atoms with E-state index < -0.39 is 22.7 Å². The van der Waals surface area contributed by atoms with E-state index >= 15 is 0 Å². The number of para-hydroxylation sites is 1. The zero-order valence-electron chi connectivity index (χ0n) is 21.7. The molecular weight excluding hydrogens is 486 g/mol. The predicted octanol–water partition coefficient (Wildman–Crippen LogP) is 4.24. The van der Waals surface area contributed by atoms with Crippen molar-refractivity contribution in [2.75, 3.05) is 26.2 Å². The molecule has 38 heavy (non-hydrogen) atoms. The van der Waals surface area contributed by atoms with E-state index in [1.54, 1.807) is 11.6 Å². The van der Waals surface area contributed by atoms with Crippen molar-refractivity contribution >= 4 is 23.1 Å². The van der Waals surface area contributed by atoms with Crippen molar-refractivity contribution < 1.29 is 19.6 Å². The summed E-state index contributed by atoms with van der Waals surface area (Å²) in [6, 6.07) is 14.2. The van der Waals surface area contributed by atoms with Gasteiger partial charge in [-0.25, -0.2) is 4.68 Å². The summed E-state index contributed by atoms with van der Waals surface area (Å²) < 4.78 is 1.65. The van der Waals surface area contributed by atoms with Crippen molar-refractivity contribution in [2.45, 2.75) is 33.2 Å². The van der Waals surface area contributed by atoms with Crippen LogP contribution in [-0.2, 0) is 9.59 Å². The molecule has 4 rings (SSSR count). The van der Waals surface area contributed by atoms with E-state index in [1.807, 2.05) is 30.3 Å². The molecule has 198 valence electrons. The number of benzene rings is 2. The maximum absolute atomic E-state index is 13.3. The molecule has 0 bridgehead atoms. The number of nitro benzene ring substituents is 1. The Labute approximate surface area is 220 Å². The largest absolute Gasteiger partial charge is 0.507 e. The summed E-state index contributed by atoms with van der Waals surface area (Å²) in [5, 5.41) is 27.0. The van der Waals surface area contributed by atoms with Crippen LogP contribution in [0.25, 0.3) is 11.4 Å². The number of aromatic nitrogens is 2. The van der Waals surface area contributed by atoms with Crippen LogP contribution in [0.5, 0.6) is 0 Å². The Hall–Kier alpha value is -4.31. The van der Waals surface area contributed by atoms with Crippen molar-refractivity contribution in [3.05, 3.63) is 93.3 Å². The Morgan fingerprint density at radius 1 is 1.08 bits per heavy atom. The number of nitrogens with zero attached hydrogens (tertiary/aromatic N) is 5. The minimum Gasteiger partial charge on any atom is -0.507 e. The fraction of sp³-hybridized carbons (Fsp3) is 0.321. The highest BCUT2D eigenvalue weighted by atomic mass is 16.6. The molecule has 0 radical (unpaired) electrons. The third-order valence-electron chi connectivity index (χ3n) is 6.99. The van der Waals surface area contributed by atoms with Gasteiger partial charge < -0.3 is 14.9 Å². The first kappa shape index (κ1) is 26.7. The molecule has 3 aromatic rings. The maximum Gasteiger partial charge on any atom is 0.295 e. The summed E-state index contributed by atoms with van der Waals surface area (Å²) in [7, 11) is 0. The van der Waals surface area contributed by atoms with Crippen LogP contribution in [0.15, 0.2) is 66.4 Å². The first-order valence-electron chi connectivity index (χ1n) is 12.6. The number of hydrogen-bond acceptors (Lipinski definition) is 7. The van der Waals surface area contributed by atoms with Crippen molar-refractivity contribution in [1.29, 1.82) is 0 Å². The SMILES string of the molecule is CCN(CC)CCCN1C(=O)C(=O)/C(=C(/O)c2cnn(-c3ccccc3)c2C)C1c1ccc([N+](=O)[O-])cc1. The van der Waals surface area contributed by atoms with E-state index in [4.69, 9.17) is 0 Å². The zero-order chi connectivity index (χ0) is 27.4. The third-order valence-corrected chi connectivity index (χ3v) is 6.99. The van der Waals surface area contributed by atoms with Gasteiger partial charge in [0.1, 0.15) is 5.76 Å². The lowest BCUT2D eigenvalue weighted by molar-refractivity contribution is -0.384. The van der Waals surface area contributed by atoms with Crippen molar-refractivity contribution in [1.82, 2.24) is 19.6 Å². The predicted molar refractivity (Wildman–Crippen MR) is 143 cm³/mol. The minimum atomic E-state index is -0.882. The van der Waals surface area contributed by atoms with E-state index in [9.17, 15) is 24.8 Å². The molecule has 2 aromatic carbocycles. The lowest BCUT2D eigenvalue weighted by Crippen LogP contribution is -2.33. The number of carbonyl (C=O) groups excluding carboxylic acids is 2. The number of non-ortho nitro benzene ring substituents is 1. The van der Waals surface area contributed by atoms with E-state index in [0.29, 0.717) is 29.8 Å². The number of carbonyl (C=O) groups is 2. The molecule has 1 unspecified atom stereocenters. The summed E-state index contributed by atoms with van der Waals surface area (Å²) in [6.45, 7) is 8.66. The van der Waals surface area contributed by atoms with Gasteiger partial charge in [-0.05, 0) is 62.8 Å². The second-order valence-corrected chi connectivity index (χ2v) is 9.11. The van der Waals surface area contributed by atoms with Crippen LogP contribution >= 0.6 is 0 Å². The number of nitro groups is 1. The smallest absolute Gasteiger partial charge is 0.295 e. The molecular formula is C28H31N5O5. The van der Waals surface area contributed by atoms with Crippen LogP contribution in [0.1, 0.15) is 43.1 Å². The number of amides is 1. The third kappa shape index (κ3) is 5.08. The molecule has 1 fully saturated rings. The first-order valence-corrected chi connectivity index (χ1v) is 12.6. The lowest BCUT2D eigenvalue weighted by atomic mass is 9.95. The summed E-state index contributed by atoms with van der Waals surface area (Å²) in [5.74, 6) is -1.82. The number of aliphatic hydroxyl groups is 1. The molecule has 0 saturated carbocycles. The average Bonchev–Trinajstić information content (AvgIpc) is 3.43. The Balaban J connectivity index is 1.78. The fourth-order valence-corrected chi connectivity index (χ4v) is 4.86. The van der Waals surface area contributed by atoms with Crippen molar-refractivity contribution in [3.63, 3.8) is 0 Å². The van der Waals surface area contributed by atoms with Gasteiger partial charge in [0.25, 0.3) is 17.4 Å². The average molecular weight is 518 g/mol. The molecule has 1 saturated heterocycles. The van der Waals surface area contributed by atoms with Gasteiger partial charge in [0.15, 0.2) is 0 Å². The second-order valence-electron chi connectivity index (χ2n) is 9.11. The highest BCUT2D eigenvalue weighted by Crippen LogP contribution is 2.40. The number of aliphatic hydroxyl groups excluding tert-OH is 1. The summed E-state index contributed by atoms with van der Waals surface area (Å²) >= 11 is 0. The van der Waals surface area contributed by atoms with Gasteiger partial charge in [0, 0.05) is 18.7 Å². The first-order chi connectivity index (χ1) is 18.3. The number of Topliss-reactive ketones (excluding diaryl/α,β-unsaturated/α-hetero) is 1. The molecule has 1 amide bonds. The van der Waals surface area contributed by atoms with Gasteiger partial charge in [-0.15, -0.1) is 0 Å². The van der Waals surface area contributed by atoms with Gasteiger partial charge in [0.2, 0.25) is 0 Å². The Morgan fingerprint density at radius 3 is 2.34 bits per heavy atom. The number of rotatable bonds is 10. The van der Waals surface area contributed by atoms with Crippen molar-refractivity contribution in [3.8, 4) is 5.69 Å². The van der Waals surface area contributed by atoms with Gasteiger partial charge in [-0.2, -0.15) is 5.10 Å². The van der Waals surface area contributed by atoms with E-state index in [-0.39, 0.29) is 17.0 Å². The molecule has 1 N–H and O–H groups in total. The maximum atomic E-state index is 13.3. The Morgan fingerprint density at radius 2 is 1.74 bits per heavy atom. The van der Waals surface area contributed by atoms with E-state index in [0.717, 1.165) is 25.3 Å². The molecule has 10 heteroatoms. The second kappa shape index (κ2) is 11.4. The van der Waals surface area contributed by atoms with Crippen LogP contribution in [0.2, 0.25) is 0 Å². The monoisotopic (exact) mass is 517 g/mol. The van der Waals surface area contributed by atoms with Crippen LogP contribution in [0, 0.1) is 17.0 Å². The highest BCUT2D eigenvalue weighted by Gasteiger charge is 2.46. The standard InChI is InChI=1S/C28H31N5O5/c1-4-30(5-2)16-9-17-31-25(20-12-14-22(15-13-20)33(37)38)24(27(35)28(31)36)26(34)23-18-29-32(19(23)3)21-10-7-6-8-11-21/h6-8,10-15,18,25,34H,4-5,9,16-17H2,1-3H3/b26-24+. The molecule has 1 aliphatic heterocycles. The molecule has 1 aromatic heterocycles. The highest BCUT2D eigenvalue weighted by molar-refractivity contribution is 6.46. The molecule has 1 aliphatic rings. The molecule has 1 atom stereocenters. The Bertz CT molecular complexity index is 1360. The summed E-state index contributed by atoms with van der Waals surface area (Å²) in [5.41, 5.74) is 2.07. The summed E-state index contributed by atoms with van der Waals surface area (Å²) in [4.78, 5) is 40.9. The van der Waals surface area contributed by atoms with Crippen LogP contribution in [-0.4, -0.2) is 67.5 Å². The van der Waals surface area contributed by atoms with E-state index in [1.165, 1.54) is 35.4 Å². The van der Waals surface area contributed by atoms with Gasteiger partial charge in [0.05, 0.1) is 39.7 Å². The van der Waals surface area contributed by atoms with E-state index in [2.05, 4.69) is 23.8 Å². The minimum absolute atomic E-state index is 0.0533. The lowest BCUT2D eigenvalue weighted by Gasteiger charge is -2.26. The van der Waals surface area contributed by atoms with Crippen LogP contribution < -0.4 is 0 Å². The van der Waals surface area contributed by atoms with Crippen LogP contribution in [0.4, 0.5) is 5.69 Å². The van der Waals surface area contributed by atoms with Gasteiger partial charge in [-0.3, -0.25) is 19.7 Å². The topological polar surface area (TPSA) is 122 Å². The van der Waals surface area contributed by atoms with Crippen LogP contribution in [0.3, 0.4) is 0 Å². The van der Waals surface area contributed by atoms with Gasteiger partial charge in [-0.1, -0.05) is 32.0 Å². The van der Waals surface area contributed by atoms with Gasteiger partial charge >= 0.3 is 0 Å². The fourth-order valence-electron chi connectivity index (χ4n) is 4.86. The zero-order valence-corrected chi connectivity index (χ0v) is 21.7. The molecule has 2 heterocycles. The normalized spacial score (nSPS) is 16.9. The molecule has 0 spiro atoms. The quantitative estimate of drug-likeness (QED) is 0.140. The molecule has 0 aliphatic carbocycles. The number of ketones is 1. The summed E-state index contributed by atoms with van der Waals surface area (Å²) in [6.07, 6.45) is 2.10. The number of hydrogen-bond donors (Lipinski definition) is 1. The molecule has 10 nitrogen and oxygen atoms in total. The van der Waals surface area contributed by atoms with Crippen molar-refractivity contribution in [2.24, 2.45) is 0 Å². The Kier molecular flexibility index (Phi) is 8.02.